The minimum absolute atomic E-state index is 0.0201. The first kappa shape index (κ1) is 20.4. The molecule has 0 radical (unpaired) electrons. The quantitative estimate of drug-likeness (QED) is 0.738. The van der Waals surface area contributed by atoms with Gasteiger partial charge in [-0.2, -0.15) is 0 Å². The molecule has 2 rings (SSSR count). The molecule has 1 atom stereocenters. The van der Waals surface area contributed by atoms with Gasteiger partial charge in [-0.05, 0) is 45.4 Å². The summed E-state index contributed by atoms with van der Waals surface area (Å²) in [5, 5.41) is 13.1. The molecule has 1 aromatic rings. The van der Waals surface area contributed by atoms with Gasteiger partial charge in [0.05, 0.1) is 37.4 Å². The Bertz CT molecular complexity index is 809. The summed E-state index contributed by atoms with van der Waals surface area (Å²) in [5.74, 6) is -1.53. The van der Waals surface area contributed by atoms with E-state index in [1.54, 1.807) is 39.8 Å². The Morgan fingerprint density at radius 3 is 2.26 bits per heavy atom. The zero-order valence-corrected chi connectivity index (χ0v) is 16.2. The molecule has 0 aliphatic carbocycles. The molecule has 7 heteroatoms. The second-order valence-electron chi connectivity index (χ2n) is 6.01. The molecule has 1 heterocycles. The number of dihydropyridines is 1. The maximum Gasteiger partial charge on any atom is 0.336 e. The minimum atomic E-state index is -0.711. The molecule has 1 aromatic carbocycles. The van der Waals surface area contributed by atoms with Gasteiger partial charge < -0.3 is 24.6 Å². The predicted molar refractivity (Wildman–Crippen MR) is 99.2 cm³/mol. The fourth-order valence-electron chi connectivity index (χ4n) is 3.17. The van der Waals surface area contributed by atoms with E-state index in [9.17, 15) is 14.7 Å². The van der Waals surface area contributed by atoms with Crippen molar-refractivity contribution < 1.29 is 28.9 Å². The van der Waals surface area contributed by atoms with Crippen molar-refractivity contribution in [3.8, 4) is 11.5 Å². The molecule has 0 aromatic heterocycles. The first-order valence-corrected chi connectivity index (χ1v) is 8.75. The Morgan fingerprint density at radius 1 is 1.07 bits per heavy atom. The topological polar surface area (TPSA) is 94.1 Å². The highest BCUT2D eigenvalue weighted by atomic mass is 16.5. The van der Waals surface area contributed by atoms with E-state index in [0.29, 0.717) is 34.7 Å². The third kappa shape index (κ3) is 4.07. The number of esters is 2. The van der Waals surface area contributed by atoms with E-state index < -0.39 is 17.9 Å². The molecule has 1 unspecified atom stereocenters. The number of hydrogen-bond acceptors (Lipinski definition) is 7. The average Bonchev–Trinajstić information content (AvgIpc) is 2.62. The third-order valence-corrected chi connectivity index (χ3v) is 4.28. The van der Waals surface area contributed by atoms with Crippen LogP contribution in [0.1, 0.15) is 39.2 Å². The molecule has 2 N–H and O–H groups in total. The zero-order chi connectivity index (χ0) is 20.1. The SMILES string of the molecule is CCOC(=O)C1=C(C)NC(C)=C(C(=O)OC)C1c1ccc(O)c(OCC)c1. The van der Waals surface area contributed by atoms with Gasteiger partial charge in [0.1, 0.15) is 0 Å². The van der Waals surface area contributed by atoms with Gasteiger partial charge in [-0.1, -0.05) is 6.07 Å². The maximum atomic E-state index is 12.7. The molecular formula is C20H25NO6. The molecule has 0 bridgehead atoms. The molecule has 0 amide bonds. The molecule has 27 heavy (non-hydrogen) atoms. The molecule has 0 saturated heterocycles. The first-order valence-electron chi connectivity index (χ1n) is 8.75. The van der Waals surface area contributed by atoms with Crippen molar-refractivity contribution in [1.82, 2.24) is 5.32 Å². The van der Waals surface area contributed by atoms with Crippen LogP contribution < -0.4 is 10.1 Å². The standard InChI is InChI=1S/C20H25NO6/c1-6-26-15-10-13(8-9-14(15)22)18-16(19(23)25-5)11(3)21-12(4)17(18)20(24)27-7-2/h8-10,18,21-22H,6-7H2,1-5H3. The van der Waals surface area contributed by atoms with Crippen LogP contribution in [0, 0.1) is 0 Å². The average molecular weight is 375 g/mol. The van der Waals surface area contributed by atoms with E-state index in [2.05, 4.69) is 5.32 Å². The summed E-state index contributed by atoms with van der Waals surface area (Å²) in [7, 11) is 1.29. The molecule has 1 aliphatic heterocycles. The number of ether oxygens (including phenoxy) is 3. The van der Waals surface area contributed by atoms with Gasteiger partial charge >= 0.3 is 11.9 Å². The van der Waals surface area contributed by atoms with Crippen LogP contribution in [0.5, 0.6) is 11.5 Å². The number of rotatable bonds is 6. The number of nitrogens with one attached hydrogen (secondary N) is 1. The Labute approximate surface area is 158 Å². The number of allylic oxidation sites excluding steroid dienone is 2. The highest BCUT2D eigenvalue weighted by molar-refractivity contribution is 5.99. The van der Waals surface area contributed by atoms with Crippen molar-refractivity contribution in [3.63, 3.8) is 0 Å². The van der Waals surface area contributed by atoms with Crippen molar-refractivity contribution >= 4 is 11.9 Å². The van der Waals surface area contributed by atoms with Gasteiger partial charge in [0.25, 0.3) is 0 Å². The molecule has 7 nitrogen and oxygen atoms in total. The first-order chi connectivity index (χ1) is 12.8. The smallest absolute Gasteiger partial charge is 0.336 e. The van der Waals surface area contributed by atoms with Crippen LogP contribution in [0.2, 0.25) is 0 Å². The molecule has 0 spiro atoms. The molecule has 0 fully saturated rings. The van der Waals surface area contributed by atoms with Crippen molar-refractivity contribution in [2.75, 3.05) is 20.3 Å². The van der Waals surface area contributed by atoms with Crippen molar-refractivity contribution in [2.24, 2.45) is 0 Å². The van der Waals surface area contributed by atoms with Crippen LogP contribution in [0.25, 0.3) is 0 Å². The van der Waals surface area contributed by atoms with Gasteiger partial charge in [0.15, 0.2) is 11.5 Å². The summed E-state index contributed by atoms with van der Waals surface area (Å²) in [4.78, 5) is 25.2. The predicted octanol–water partition coefficient (Wildman–Crippen LogP) is 2.76. The monoisotopic (exact) mass is 375 g/mol. The van der Waals surface area contributed by atoms with E-state index in [1.807, 2.05) is 0 Å². The second-order valence-corrected chi connectivity index (χ2v) is 6.01. The largest absolute Gasteiger partial charge is 0.504 e. The molecule has 1 aliphatic rings. The number of phenols is 1. The number of methoxy groups -OCH3 is 1. The summed E-state index contributed by atoms with van der Waals surface area (Å²) in [6.07, 6.45) is 0. The number of hydrogen-bond donors (Lipinski definition) is 2. The summed E-state index contributed by atoms with van der Waals surface area (Å²) in [6, 6.07) is 4.75. The molecular weight excluding hydrogens is 350 g/mol. The summed E-state index contributed by atoms with van der Waals surface area (Å²) in [6.45, 7) is 7.58. The van der Waals surface area contributed by atoms with Crippen LogP contribution in [0.4, 0.5) is 0 Å². The lowest BCUT2D eigenvalue weighted by atomic mass is 9.80. The Balaban J connectivity index is 2.68. The van der Waals surface area contributed by atoms with Gasteiger partial charge in [-0.25, -0.2) is 9.59 Å². The van der Waals surface area contributed by atoms with Gasteiger partial charge in [0, 0.05) is 11.4 Å². The fraction of sp³-hybridized carbons (Fsp3) is 0.400. The lowest BCUT2D eigenvalue weighted by Crippen LogP contribution is -2.32. The molecule has 146 valence electrons. The summed E-state index contributed by atoms with van der Waals surface area (Å²) < 4.78 is 15.6. The summed E-state index contributed by atoms with van der Waals surface area (Å²) in [5.41, 5.74) is 2.41. The minimum Gasteiger partial charge on any atom is -0.504 e. The molecule has 0 saturated carbocycles. The van der Waals surface area contributed by atoms with E-state index in [4.69, 9.17) is 14.2 Å². The van der Waals surface area contributed by atoms with Crippen molar-refractivity contribution in [3.05, 3.63) is 46.3 Å². The number of carbonyl (C=O) groups is 2. The van der Waals surface area contributed by atoms with E-state index >= 15 is 0 Å². The van der Waals surface area contributed by atoms with Crippen LogP contribution in [0.15, 0.2) is 40.7 Å². The van der Waals surface area contributed by atoms with Gasteiger partial charge in [0.2, 0.25) is 0 Å². The fourth-order valence-corrected chi connectivity index (χ4v) is 3.17. The number of benzene rings is 1. The van der Waals surface area contributed by atoms with Gasteiger partial charge in [-0.3, -0.25) is 0 Å². The van der Waals surface area contributed by atoms with Crippen molar-refractivity contribution in [2.45, 2.75) is 33.6 Å². The van der Waals surface area contributed by atoms with Crippen LogP contribution in [-0.2, 0) is 19.1 Å². The number of aromatic hydroxyl groups is 1. The summed E-state index contributed by atoms with van der Waals surface area (Å²) >= 11 is 0. The van der Waals surface area contributed by atoms with Crippen LogP contribution >= 0.6 is 0 Å². The van der Waals surface area contributed by atoms with Gasteiger partial charge in [-0.15, -0.1) is 0 Å². The third-order valence-electron chi connectivity index (χ3n) is 4.28. The lowest BCUT2D eigenvalue weighted by Gasteiger charge is -2.30. The normalized spacial score (nSPS) is 16.7. The Morgan fingerprint density at radius 2 is 1.70 bits per heavy atom. The van der Waals surface area contributed by atoms with E-state index in [0.717, 1.165) is 0 Å². The highest BCUT2D eigenvalue weighted by Crippen LogP contribution is 2.41. The number of phenolic OH excluding ortho intramolecular Hbond substituents is 1. The zero-order valence-electron chi connectivity index (χ0n) is 16.2. The van der Waals surface area contributed by atoms with Crippen LogP contribution in [-0.4, -0.2) is 37.4 Å². The highest BCUT2D eigenvalue weighted by Gasteiger charge is 2.38. The van der Waals surface area contributed by atoms with Crippen LogP contribution in [0.3, 0.4) is 0 Å². The Kier molecular flexibility index (Phi) is 6.50. The van der Waals surface area contributed by atoms with E-state index in [-0.39, 0.29) is 18.1 Å². The lowest BCUT2D eigenvalue weighted by molar-refractivity contribution is -0.139. The number of carbonyl (C=O) groups excluding carboxylic acids is 2. The van der Waals surface area contributed by atoms with E-state index in [1.165, 1.54) is 13.2 Å². The maximum absolute atomic E-state index is 12.7. The van der Waals surface area contributed by atoms with Crippen molar-refractivity contribution in [1.29, 1.82) is 0 Å². The Hall–Kier alpha value is -2.96. The second kappa shape index (κ2) is 8.62.